The molecule has 6 rings (SSSR count). The van der Waals surface area contributed by atoms with Crippen LogP contribution >= 0.6 is 0 Å². The quantitative estimate of drug-likeness (QED) is 0.291. The lowest BCUT2D eigenvalue weighted by atomic mass is 10.0. The van der Waals surface area contributed by atoms with E-state index in [9.17, 15) is 9.18 Å². The number of amides is 2. The number of hydrogen-bond donors (Lipinski definition) is 1. The van der Waals surface area contributed by atoms with Gasteiger partial charge in [-0.25, -0.2) is 13.9 Å². The summed E-state index contributed by atoms with van der Waals surface area (Å²) in [5.41, 5.74) is 5.42. The molecule has 0 unspecified atom stereocenters. The highest BCUT2D eigenvalue weighted by molar-refractivity contribution is 5.90. The van der Waals surface area contributed by atoms with Crippen LogP contribution in [0.25, 0.3) is 11.5 Å². The van der Waals surface area contributed by atoms with Gasteiger partial charge in [0, 0.05) is 17.4 Å². The zero-order valence-corrected chi connectivity index (χ0v) is 21.9. The first-order chi connectivity index (χ1) is 18.9. The van der Waals surface area contributed by atoms with Gasteiger partial charge in [0.25, 0.3) is 0 Å². The molecule has 196 valence electrons. The molecule has 1 atom stereocenters. The number of nitrogens with zero attached hydrogens (tertiary/aromatic N) is 4. The molecular weight excluding hydrogens is 493 g/mol. The third-order valence-corrected chi connectivity index (χ3v) is 7.20. The number of ether oxygens (including phenoxy) is 1. The van der Waals surface area contributed by atoms with Crippen LogP contribution in [0.15, 0.2) is 91.1 Å². The molecule has 3 aromatic carbocycles. The van der Waals surface area contributed by atoms with Crippen LogP contribution in [0.3, 0.4) is 0 Å². The molecule has 1 aliphatic rings. The summed E-state index contributed by atoms with van der Waals surface area (Å²) in [5.74, 6) is 1.24. The van der Waals surface area contributed by atoms with Crippen molar-refractivity contribution in [2.75, 3.05) is 12.4 Å². The van der Waals surface area contributed by atoms with Gasteiger partial charge in [-0.3, -0.25) is 0 Å². The lowest BCUT2D eigenvalue weighted by molar-refractivity contribution is 0.194. The Hall–Kier alpha value is -4.85. The van der Waals surface area contributed by atoms with Gasteiger partial charge >= 0.3 is 6.03 Å². The van der Waals surface area contributed by atoms with Crippen LogP contribution in [0.4, 0.5) is 14.9 Å². The van der Waals surface area contributed by atoms with E-state index in [4.69, 9.17) is 9.84 Å². The molecule has 0 radical (unpaired) electrons. The maximum Gasteiger partial charge on any atom is 0.322 e. The fourth-order valence-electron chi connectivity index (χ4n) is 5.15. The summed E-state index contributed by atoms with van der Waals surface area (Å²) in [4.78, 5) is 15.8. The molecule has 0 bridgehead atoms. The first-order valence-electron chi connectivity index (χ1n) is 12.7. The minimum Gasteiger partial charge on any atom is -0.497 e. The normalized spacial score (nSPS) is 14.4. The summed E-state index contributed by atoms with van der Waals surface area (Å²) in [6.07, 6.45) is 2.00. The molecule has 0 spiro atoms. The molecule has 3 heterocycles. The van der Waals surface area contributed by atoms with Gasteiger partial charge in [0.05, 0.1) is 36.8 Å². The SMILES string of the molecule is COc1ccc([C@@H]2c3cccn3-c3c(c(C)nn3-c3ccccc3)CN2C(=O)Nc2ccc(C)c(F)c2)cc1. The summed E-state index contributed by atoms with van der Waals surface area (Å²) in [6, 6.07) is 25.6. The van der Waals surface area contributed by atoms with Crippen molar-refractivity contribution in [2.24, 2.45) is 0 Å². The first-order valence-corrected chi connectivity index (χ1v) is 12.7. The van der Waals surface area contributed by atoms with Crippen LogP contribution in [0.5, 0.6) is 5.75 Å². The molecule has 5 aromatic rings. The zero-order valence-electron chi connectivity index (χ0n) is 21.9. The number of rotatable bonds is 4. The summed E-state index contributed by atoms with van der Waals surface area (Å²) in [6.45, 7) is 3.95. The van der Waals surface area contributed by atoms with Gasteiger partial charge in [-0.2, -0.15) is 5.10 Å². The summed E-state index contributed by atoms with van der Waals surface area (Å²) in [7, 11) is 1.63. The number of methoxy groups -OCH3 is 1. The van der Waals surface area contributed by atoms with Crippen LogP contribution in [0.1, 0.15) is 34.1 Å². The fraction of sp³-hybridized carbons (Fsp3) is 0.161. The fourth-order valence-corrected chi connectivity index (χ4v) is 5.15. The van der Waals surface area contributed by atoms with Crippen molar-refractivity contribution in [3.63, 3.8) is 0 Å². The van der Waals surface area contributed by atoms with E-state index >= 15 is 0 Å². The van der Waals surface area contributed by atoms with E-state index in [2.05, 4.69) is 9.88 Å². The van der Waals surface area contributed by atoms with E-state index < -0.39 is 6.04 Å². The molecule has 1 aliphatic heterocycles. The Bertz CT molecular complexity index is 1660. The Kier molecular flexibility index (Phi) is 6.15. The second-order valence-electron chi connectivity index (χ2n) is 9.64. The molecule has 2 aromatic heterocycles. The van der Waals surface area contributed by atoms with E-state index in [1.807, 2.05) is 84.5 Å². The Balaban J connectivity index is 1.52. The van der Waals surface area contributed by atoms with E-state index in [0.717, 1.165) is 39.8 Å². The standard InChI is InChI=1S/C31H28FN5O2/c1-20-11-14-23(18-27(20)32)33-31(38)36-19-26-21(2)34-37(24-8-5-4-6-9-24)30(26)35-17-7-10-28(35)29(36)22-12-15-25(39-3)16-13-22/h4-18,29H,19H2,1-3H3,(H,33,38)/t29-/m1/s1. The summed E-state index contributed by atoms with van der Waals surface area (Å²) in [5, 5.41) is 7.80. The predicted octanol–water partition coefficient (Wildman–Crippen LogP) is 6.56. The molecule has 0 fully saturated rings. The number of fused-ring (bicyclic) bond motifs is 3. The number of carbonyl (C=O) groups excluding carboxylic acids is 1. The van der Waals surface area contributed by atoms with E-state index in [1.165, 1.54) is 6.07 Å². The maximum atomic E-state index is 14.3. The summed E-state index contributed by atoms with van der Waals surface area (Å²) < 4.78 is 23.7. The van der Waals surface area contributed by atoms with Crippen molar-refractivity contribution < 1.29 is 13.9 Å². The molecule has 1 N–H and O–H groups in total. The van der Waals surface area contributed by atoms with Crippen LogP contribution in [0.2, 0.25) is 0 Å². The van der Waals surface area contributed by atoms with Crippen molar-refractivity contribution in [3.05, 3.63) is 125 Å². The van der Waals surface area contributed by atoms with Gasteiger partial charge in [-0.15, -0.1) is 0 Å². The van der Waals surface area contributed by atoms with Crippen LogP contribution in [-0.4, -0.2) is 32.4 Å². The molecule has 7 nitrogen and oxygen atoms in total. The number of halogens is 1. The Morgan fingerprint density at radius 1 is 1.00 bits per heavy atom. The Labute approximate surface area is 226 Å². The molecule has 39 heavy (non-hydrogen) atoms. The van der Waals surface area contributed by atoms with Gasteiger partial charge < -0.3 is 19.5 Å². The molecule has 8 heteroatoms. The Morgan fingerprint density at radius 3 is 2.49 bits per heavy atom. The van der Waals surface area contributed by atoms with Crippen molar-refractivity contribution in [2.45, 2.75) is 26.4 Å². The average Bonchev–Trinajstić information content (AvgIpc) is 3.51. The molecule has 0 aliphatic carbocycles. The number of hydrogen-bond acceptors (Lipinski definition) is 3. The smallest absolute Gasteiger partial charge is 0.322 e. The summed E-state index contributed by atoms with van der Waals surface area (Å²) >= 11 is 0. The zero-order chi connectivity index (χ0) is 27.1. The third kappa shape index (κ3) is 4.33. The van der Waals surface area contributed by atoms with Crippen molar-refractivity contribution in [1.82, 2.24) is 19.2 Å². The van der Waals surface area contributed by atoms with Gasteiger partial charge in [0.1, 0.15) is 17.4 Å². The highest BCUT2D eigenvalue weighted by Crippen LogP contribution is 2.39. The van der Waals surface area contributed by atoms with Crippen LogP contribution in [-0.2, 0) is 6.54 Å². The first kappa shape index (κ1) is 24.5. The van der Waals surface area contributed by atoms with Crippen LogP contribution < -0.4 is 10.1 Å². The minimum absolute atomic E-state index is 0.298. The highest BCUT2D eigenvalue weighted by Gasteiger charge is 2.36. The molecule has 2 amide bonds. The van der Waals surface area contributed by atoms with Gasteiger partial charge in [-0.1, -0.05) is 36.4 Å². The third-order valence-electron chi connectivity index (χ3n) is 7.20. The number of aromatic nitrogens is 3. The minimum atomic E-state index is -0.433. The number of benzene rings is 3. The maximum absolute atomic E-state index is 14.3. The van der Waals surface area contributed by atoms with Crippen molar-refractivity contribution in [3.8, 4) is 17.3 Å². The number of urea groups is 1. The largest absolute Gasteiger partial charge is 0.497 e. The Morgan fingerprint density at radius 2 is 1.77 bits per heavy atom. The molecular formula is C31H28FN5O2. The topological polar surface area (TPSA) is 64.3 Å². The lowest BCUT2D eigenvalue weighted by Crippen LogP contribution is -2.38. The average molecular weight is 522 g/mol. The second-order valence-corrected chi connectivity index (χ2v) is 9.64. The second kappa shape index (κ2) is 9.79. The van der Waals surface area contributed by atoms with Crippen molar-refractivity contribution in [1.29, 1.82) is 0 Å². The number of nitrogens with one attached hydrogen (secondary N) is 1. The van der Waals surface area contributed by atoms with Crippen LogP contribution in [0, 0.1) is 19.7 Å². The number of aryl methyl sites for hydroxylation is 2. The van der Waals surface area contributed by atoms with E-state index in [-0.39, 0.29) is 11.8 Å². The number of carbonyl (C=O) groups is 1. The predicted molar refractivity (Wildman–Crippen MR) is 148 cm³/mol. The van der Waals surface area contributed by atoms with Gasteiger partial charge in [0.2, 0.25) is 0 Å². The monoisotopic (exact) mass is 521 g/mol. The molecule has 0 saturated carbocycles. The van der Waals surface area contributed by atoms with E-state index in [0.29, 0.717) is 17.8 Å². The lowest BCUT2D eigenvalue weighted by Gasteiger charge is -2.31. The van der Waals surface area contributed by atoms with Gasteiger partial charge in [0.15, 0.2) is 0 Å². The van der Waals surface area contributed by atoms with E-state index in [1.54, 1.807) is 31.1 Å². The number of anilines is 1. The highest BCUT2D eigenvalue weighted by atomic mass is 19.1. The number of para-hydroxylation sites is 1. The molecule has 0 saturated heterocycles. The van der Waals surface area contributed by atoms with Gasteiger partial charge in [-0.05, 0) is 73.5 Å². The van der Waals surface area contributed by atoms with Crippen molar-refractivity contribution >= 4 is 11.7 Å².